The molecule has 0 spiro atoms. The Kier molecular flexibility index (Phi) is 9.53. The lowest BCUT2D eigenvalue weighted by Gasteiger charge is -2.43. The molecule has 7 heteroatoms. The van der Waals surface area contributed by atoms with Crippen molar-refractivity contribution in [2.45, 2.75) is 70.2 Å². The van der Waals surface area contributed by atoms with Crippen molar-refractivity contribution in [3.63, 3.8) is 0 Å². The fourth-order valence-corrected chi connectivity index (χ4v) is 5.62. The van der Waals surface area contributed by atoms with Gasteiger partial charge < -0.3 is 20.3 Å². The Bertz CT molecular complexity index is 1720. The summed E-state index contributed by atoms with van der Waals surface area (Å²) in [7, 11) is 0. The predicted octanol–water partition coefficient (Wildman–Crippen LogP) is 7.02. The number of alkyl carbamates (subject to hydrolysis) is 1. The van der Waals surface area contributed by atoms with Gasteiger partial charge in [0, 0.05) is 23.7 Å². The van der Waals surface area contributed by atoms with Crippen molar-refractivity contribution in [2.24, 2.45) is 0 Å². The summed E-state index contributed by atoms with van der Waals surface area (Å²) in [6, 6.07) is 28.0. The summed E-state index contributed by atoms with van der Waals surface area (Å²) in [5, 5.41) is 7.92. The molecule has 2 unspecified atom stereocenters. The predicted molar refractivity (Wildman–Crippen MR) is 177 cm³/mol. The summed E-state index contributed by atoms with van der Waals surface area (Å²) in [5.41, 5.74) is 1.78. The van der Waals surface area contributed by atoms with Crippen LogP contribution in [0.25, 0.3) is 10.8 Å². The van der Waals surface area contributed by atoms with Crippen molar-refractivity contribution in [1.29, 1.82) is 0 Å². The largest absolute Gasteiger partial charge is 0.444 e. The zero-order chi connectivity index (χ0) is 32.0. The normalized spacial score (nSPS) is 14.4. The van der Waals surface area contributed by atoms with Crippen molar-refractivity contribution < 1.29 is 19.1 Å². The van der Waals surface area contributed by atoms with E-state index in [1.807, 2.05) is 84.9 Å². The third kappa shape index (κ3) is 7.71. The molecule has 1 saturated carbocycles. The van der Waals surface area contributed by atoms with Crippen LogP contribution in [0.2, 0.25) is 0 Å². The number of hydrogen-bond acceptors (Lipinski definition) is 4. The van der Waals surface area contributed by atoms with Gasteiger partial charge in [-0.15, -0.1) is 6.42 Å². The van der Waals surface area contributed by atoms with Gasteiger partial charge in [0.1, 0.15) is 17.7 Å². The third-order valence-electron chi connectivity index (χ3n) is 7.95. The van der Waals surface area contributed by atoms with Crippen LogP contribution in [0.5, 0.6) is 0 Å². The Morgan fingerprint density at radius 1 is 0.911 bits per heavy atom. The van der Waals surface area contributed by atoms with E-state index in [4.69, 9.17) is 11.2 Å². The number of benzene rings is 4. The van der Waals surface area contributed by atoms with Gasteiger partial charge in [0.05, 0.1) is 0 Å². The first-order valence-electron chi connectivity index (χ1n) is 15.3. The fourth-order valence-electron chi connectivity index (χ4n) is 5.62. The summed E-state index contributed by atoms with van der Waals surface area (Å²) >= 11 is 0. The number of carbonyl (C=O) groups is 3. The van der Waals surface area contributed by atoms with E-state index < -0.39 is 23.8 Å². The molecule has 0 aliphatic heterocycles. The molecule has 2 atom stereocenters. The lowest BCUT2D eigenvalue weighted by atomic mass is 9.86. The average Bonchev–Trinajstić information content (AvgIpc) is 2.99. The smallest absolute Gasteiger partial charge is 0.408 e. The zero-order valence-electron chi connectivity index (χ0n) is 26.0. The molecule has 5 rings (SSSR count). The topological polar surface area (TPSA) is 87.7 Å². The van der Waals surface area contributed by atoms with Crippen molar-refractivity contribution in [3.8, 4) is 12.3 Å². The van der Waals surface area contributed by atoms with Gasteiger partial charge >= 0.3 is 6.09 Å². The Hall–Kier alpha value is -5.09. The van der Waals surface area contributed by atoms with Gasteiger partial charge in [-0.2, -0.15) is 0 Å². The maximum absolute atomic E-state index is 14.8. The maximum atomic E-state index is 14.8. The van der Waals surface area contributed by atoms with E-state index in [-0.39, 0.29) is 24.3 Å². The molecule has 7 nitrogen and oxygen atoms in total. The number of amides is 3. The number of anilines is 1. The molecular weight excluding hydrogens is 562 g/mol. The van der Waals surface area contributed by atoms with Gasteiger partial charge in [0.25, 0.3) is 5.91 Å². The fraction of sp³-hybridized carbons (Fsp3) is 0.289. The highest BCUT2D eigenvalue weighted by atomic mass is 16.6. The molecule has 2 N–H and O–H groups in total. The average molecular weight is 602 g/mol. The van der Waals surface area contributed by atoms with Crippen LogP contribution >= 0.6 is 0 Å². The van der Waals surface area contributed by atoms with Gasteiger partial charge in [-0.05, 0) is 80.1 Å². The van der Waals surface area contributed by atoms with E-state index in [0.717, 1.165) is 35.6 Å². The van der Waals surface area contributed by atoms with Crippen LogP contribution in [0.1, 0.15) is 62.8 Å². The standard InChI is InChI=1S/C38H39N3O4/c1-5-27-16-11-12-21-32(27)34(35(42)39-30-23-22-28-17-9-10-18-29(28)25-30)41(31-19-13-20-31)36(43)33(24-26-14-7-6-8-15-26)40-37(44)45-38(2,3)4/h1,6-12,14-18,21-23,25,31,33-34H,13,19-20,24H2,2-4H3,(H,39,42)(H,40,44). The van der Waals surface area contributed by atoms with Crippen molar-refractivity contribution in [3.05, 3.63) is 114 Å². The lowest BCUT2D eigenvalue weighted by Crippen LogP contribution is -2.57. The quantitative estimate of drug-likeness (QED) is 0.202. The number of rotatable bonds is 9. The lowest BCUT2D eigenvalue weighted by molar-refractivity contribution is -0.145. The summed E-state index contributed by atoms with van der Waals surface area (Å²) in [4.78, 5) is 43.9. The molecular formula is C38H39N3O4. The minimum absolute atomic E-state index is 0.214. The number of nitrogens with one attached hydrogen (secondary N) is 2. The van der Waals surface area contributed by atoms with E-state index >= 15 is 0 Å². The van der Waals surface area contributed by atoms with Gasteiger partial charge in [-0.3, -0.25) is 9.59 Å². The molecule has 0 radical (unpaired) electrons. The molecule has 1 aliphatic carbocycles. The molecule has 0 heterocycles. The summed E-state index contributed by atoms with van der Waals surface area (Å²) in [5.74, 6) is 1.95. The first-order chi connectivity index (χ1) is 21.6. The Labute approximate surface area is 265 Å². The number of nitrogens with zero attached hydrogens (tertiary/aromatic N) is 1. The van der Waals surface area contributed by atoms with E-state index in [1.165, 1.54) is 0 Å². The van der Waals surface area contributed by atoms with Crippen LogP contribution in [-0.2, 0) is 20.7 Å². The highest BCUT2D eigenvalue weighted by Crippen LogP contribution is 2.36. The first-order valence-corrected chi connectivity index (χ1v) is 15.3. The Balaban J connectivity index is 1.56. The molecule has 4 aromatic carbocycles. The van der Waals surface area contributed by atoms with Crippen LogP contribution in [0.3, 0.4) is 0 Å². The van der Waals surface area contributed by atoms with Gasteiger partial charge in [-0.25, -0.2) is 4.79 Å². The molecule has 1 aliphatic rings. The van der Waals surface area contributed by atoms with Gasteiger partial charge in [0.2, 0.25) is 5.91 Å². The van der Waals surface area contributed by atoms with Crippen LogP contribution in [0.15, 0.2) is 97.1 Å². The first kappa shape index (κ1) is 31.3. The van der Waals surface area contributed by atoms with E-state index in [2.05, 4.69) is 16.6 Å². The number of ether oxygens (including phenoxy) is 1. The second-order valence-electron chi connectivity index (χ2n) is 12.4. The second kappa shape index (κ2) is 13.7. The van der Waals surface area contributed by atoms with Crippen molar-refractivity contribution in [2.75, 3.05) is 5.32 Å². The Morgan fingerprint density at radius 2 is 1.58 bits per heavy atom. The number of fused-ring (bicyclic) bond motifs is 1. The highest BCUT2D eigenvalue weighted by molar-refractivity contribution is 6.01. The molecule has 1 fully saturated rings. The summed E-state index contributed by atoms with van der Waals surface area (Å²) < 4.78 is 5.55. The molecule has 0 aromatic heterocycles. The van der Waals surface area contributed by atoms with Gasteiger partial charge in [0.15, 0.2) is 0 Å². The Morgan fingerprint density at radius 3 is 2.24 bits per heavy atom. The number of hydrogen-bond donors (Lipinski definition) is 2. The van der Waals surface area contributed by atoms with E-state index in [0.29, 0.717) is 16.8 Å². The van der Waals surface area contributed by atoms with Crippen LogP contribution in [-0.4, -0.2) is 40.5 Å². The molecule has 0 saturated heterocycles. The van der Waals surface area contributed by atoms with Crippen molar-refractivity contribution in [1.82, 2.24) is 10.2 Å². The number of carbonyl (C=O) groups excluding carboxylic acids is 3. The molecule has 0 bridgehead atoms. The summed E-state index contributed by atoms with van der Waals surface area (Å²) in [6.07, 6.45) is 7.83. The molecule has 4 aromatic rings. The minimum Gasteiger partial charge on any atom is -0.444 e. The minimum atomic E-state index is -1.04. The van der Waals surface area contributed by atoms with Crippen LogP contribution in [0.4, 0.5) is 10.5 Å². The van der Waals surface area contributed by atoms with E-state index in [1.54, 1.807) is 37.8 Å². The SMILES string of the molecule is C#Cc1ccccc1C(C(=O)Nc1ccc2ccccc2c1)N(C(=O)C(Cc1ccccc1)NC(=O)OC(C)(C)C)C1CCC1. The van der Waals surface area contributed by atoms with E-state index in [9.17, 15) is 14.4 Å². The van der Waals surface area contributed by atoms with Gasteiger partial charge in [-0.1, -0.05) is 84.8 Å². The maximum Gasteiger partial charge on any atom is 0.408 e. The third-order valence-corrected chi connectivity index (χ3v) is 7.95. The zero-order valence-corrected chi connectivity index (χ0v) is 26.0. The van der Waals surface area contributed by atoms with Crippen LogP contribution in [0, 0.1) is 12.3 Å². The highest BCUT2D eigenvalue weighted by Gasteiger charge is 2.42. The van der Waals surface area contributed by atoms with Crippen molar-refractivity contribution >= 4 is 34.4 Å². The molecule has 45 heavy (non-hydrogen) atoms. The molecule has 3 amide bonds. The number of terminal acetylenes is 1. The molecule has 230 valence electrons. The monoisotopic (exact) mass is 601 g/mol. The summed E-state index contributed by atoms with van der Waals surface area (Å²) in [6.45, 7) is 5.31. The second-order valence-corrected chi connectivity index (χ2v) is 12.4. The van der Waals surface area contributed by atoms with Crippen LogP contribution < -0.4 is 10.6 Å².